The summed E-state index contributed by atoms with van der Waals surface area (Å²) in [7, 11) is 0. The molecule has 0 aliphatic rings. The van der Waals surface area contributed by atoms with Gasteiger partial charge >= 0.3 is 6.18 Å². The number of nitrogens with zero attached hydrogens (tertiary/aromatic N) is 5. The third-order valence-corrected chi connectivity index (χ3v) is 7.00. The van der Waals surface area contributed by atoms with Gasteiger partial charge in [0, 0.05) is 12.3 Å². The van der Waals surface area contributed by atoms with Gasteiger partial charge in [0.25, 0.3) is 5.91 Å². The van der Waals surface area contributed by atoms with Crippen molar-refractivity contribution in [3.05, 3.63) is 86.1 Å². The number of hydrogen-bond acceptors (Lipinski definition) is 5. The maximum Gasteiger partial charge on any atom is 0.433 e. The molecule has 7 nitrogen and oxygen atoms in total. The number of alkyl halides is 3. The summed E-state index contributed by atoms with van der Waals surface area (Å²) in [6.07, 6.45) is -3.15. The summed E-state index contributed by atoms with van der Waals surface area (Å²) in [6.45, 7) is 0.340. The fraction of sp³-hybridized carbons (Fsp3) is 0.0909. The van der Waals surface area contributed by atoms with Gasteiger partial charge in [-0.3, -0.25) is 9.48 Å². The number of rotatable bonds is 5. The fourth-order valence-electron chi connectivity index (χ4n) is 3.41. The second kappa shape index (κ2) is 9.40. The summed E-state index contributed by atoms with van der Waals surface area (Å²) in [4.78, 5) is 17.6. The van der Waals surface area contributed by atoms with Gasteiger partial charge in [-0.05, 0) is 35.2 Å². The minimum atomic E-state index is -4.76. The molecule has 1 amide bonds. The van der Waals surface area contributed by atoms with E-state index in [9.17, 15) is 18.0 Å². The SMILES string of the molecule is O=C(Nc1ccn(Cc2ccc(Cl)c(Cl)c2)n1)c1nn2c(C(F)(F)F)cc(-c3cccs3)nc2c1Cl. The van der Waals surface area contributed by atoms with Gasteiger partial charge in [-0.2, -0.15) is 23.4 Å². The zero-order valence-corrected chi connectivity index (χ0v) is 20.8. The van der Waals surface area contributed by atoms with Crippen LogP contribution in [0.15, 0.2) is 54.0 Å². The molecule has 0 fully saturated rings. The van der Waals surface area contributed by atoms with Crippen molar-refractivity contribution in [3.8, 4) is 10.6 Å². The first kappa shape index (κ1) is 24.6. The lowest BCUT2D eigenvalue weighted by molar-refractivity contribution is -0.142. The summed E-state index contributed by atoms with van der Waals surface area (Å²) in [5.41, 5.74) is -0.925. The van der Waals surface area contributed by atoms with Crippen LogP contribution in [0.5, 0.6) is 0 Å². The van der Waals surface area contributed by atoms with E-state index in [1.165, 1.54) is 22.1 Å². The Labute approximate surface area is 220 Å². The van der Waals surface area contributed by atoms with E-state index in [1.54, 1.807) is 41.9 Å². The Bertz CT molecular complexity index is 1600. The molecule has 0 bridgehead atoms. The first-order valence-corrected chi connectivity index (χ1v) is 12.1. The lowest BCUT2D eigenvalue weighted by Crippen LogP contribution is -2.16. The Kier molecular flexibility index (Phi) is 6.41. The molecule has 0 atom stereocenters. The second-order valence-corrected chi connectivity index (χ2v) is 9.64. The molecule has 5 aromatic rings. The van der Waals surface area contributed by atoms with Crippen molar-refractivity contribution in [2.75, 3.05) is 5.32 Å². The highest BCUT2D eigenvalue weighted by atomic mass is 35.5. The Morgan fingerprint density at radius 2 is 1.86 bits per heavy atom. The predicted molar refractivity (Wildman–Crippen MR) is 132 cm³/mol. The van der Waals surface area contributed by atoms with Crippen molar-refractivity contribution in [3.63, 3.8) is 0 Å². The van der Waals surface area contributed by atoms with Gasteiger partial charge in [-0.25, -0.2) is 9.50 Å². The number of anilines is 1. The van der Waals surface area contributed by atoms with Gasteiger partial charge in [-0.15, -0.1) is 11.3 Å². The number of thiophene rings is 1. The van der Waals surface area contributed by atoms with Gasteiger partial charge < -0.3 is 5.32 Å². The monoisotopic (exact) mass is 570 g/mol. The predicted octanol–water partition coefficient (Wildman–Crippen LogP) is 6.93. The highest BCUT2D eigenvalue weighted by Crippen LogP contribution is 2.35. The second-order valence-electron chi connectivity index (χ2n) is 7.50. The Balaban J connectivity index is 1.44. The Hall–Kier alpha value is -3.12. The average molecular weight is 572 g/mol. The normalized spacial score (nSPS) is 11.8. The molecule has 0 aliphatic heterocycles. The van der Waals surface area contributed by atoms with E-state index in [2.05, 4.69) is 20.5 Å². The first-order valence-electron chi connectivity index (χ1n) is 10.1. The van der Waals surface area contributed by atoms with Crippen molar-refractivity contribution >= 4 is 63.5 Å². The summed E-state index contributed by atoms with van der Waals surface area (Å²) >= 11 is 19.5. The highest BCUT2D eigenvalue weighted by Gasteiger charge is 2.37. The number of hydrogen-bond donors (Lipinski definition) is 1. The maximum atomic E-state index is 13.8. The van der Waals surface area contributed by atoms with E-state index in [-0.39, 0.29) is 22.2 Å². The standard InChI is InChI=1S/C22H12Cl3F3N6OS/c23-12-4-3-11(8-13(12)24)10-33-6-5-17(31-33)30-21(35)19-18(25)20-29-14(15-2-1-7-36-15)9-16(22(26,27)28)34(20)32-19/h1-9H,10H2,(H,30,31,35). The summed E-state index contributed by atoms with van der Waals surface area (Å²) in [5, 5.41) is 12.8. The Morgan fingerprint density at radius 3 is 2.56 bits per heavy atom. The molecule has 0 saturated carbocycles. The van der Waals surface area contributed by atoms with E-state index in [1.807, 2.05) is 0 Å². The molecule has 0 saturated heterocycles. The van der Waals surface area contributed by atoms with Crippen LogP contribution in [-0.4, -0.2) is 30.3 Å². The number of benzene rings is 1. The van der Waals surface area contributed by atoms with Crippen molar-refractivity contribution < 1.29 is 18.0 Å². The van der Waals surface area contributed by atoms with Crippen LogP contribution in [0.25, 0.3) is 16.2 Å². The maximum absolute atomic E-state index is 13.8. The molecule has 0 unspecified atom stereocenters. The summed E-state index contributed by atoms with van der Waals surface area (Å²) < 4.78 is 43.5. The molecule has 14 heteroatoms. The number of amides is 1. The third-order valence-electron chi connectivity index (χ3n) is 5.02. The van der Waals surface area contributed by atoms with Crippen molar-refractivity contribution in [2.24, 2.45) is 0 Å². The number of carbonyl (C=O) groups is 1. The van der Waals surface area contributed by atoms with Crippen molar-refractivity contribution in [1.29, 1.82) is 0 Å². The Morgan fingerprint density at radius 1 is 1.06 bits per heavy atom. The minimum absolute atomic E-state index is 0.0691. The van der Waals surface area contributed by atoms with Crippen LogP contribution >= 0.6 is 46.1 Å². The molecule has 1 N–H and O–H groups in total. The third kappa shape index (κ3) is 4.79. The van der Waals surface area contributed by atoms with Crippen LogP contribution in [0.1, 0.15) is 21.7 Å². The van der Waals surface area contributed by atoms with Crippen molar-refractivity contribution in [1.82, 2.24) is 24.4 Å². The zero-order valence-electron chi connectivity index (χ0n) is 17.7. The van der Waals surface area contributed by atoms with Gasteiger partial charge in [0.15, 0.2) is 22.9 Å². The lowest BCUT2D eigenvalue weighted by atomic mass is 10.2. The molecule has 1 aromatic carbocycles. The number of carbonyl (C=O) groups excluding carboxylic acids is 1. The molecule has 4 heterocycles. The molecular formula is C22H12Cl3F3N6OS. The van der Waals surface area contributed by atoms with E-state index in [4.69, 9.17) is 34.8 Å². The molecule has 0 spiro atoms. The van der Waals surface area contributed by atoms with Crippen LogP contribution in [0.4, 0.5) is 19.0 Å². The molecular weight excluding hydrogens is 560 g/mol. The number of nitrogens with one attached hydrogen (secondary N) is 1. The number of aromatic nitrogens is 5. The number of halogens is 6. The molecule has 36 heavy (non-hydrogen) atoms. The number of fused-ring (bicyclic) bond motifs is 1. The molecule has 5 rings (SSSR count). The lowest BCUT2D eigenvalue weighted by Gasteiger charge is -2.10. The van der Waals surface area contributed by atoms with Crippen LogP contribution < -0.4 is 5.32 Å². The van der Waals surface area contributed by atoms with E-state index in [0.29, 0.717) is 26.0 Å². The highest BCUT2D eigenvalue weighted by molar-refractivity contribution is 7.13. The molecule has 184 valence electrons. The summed E-state index contributed by atoms with van der Waals surface area (Å²) in [6, 6.07) is 10.8. The minimum Gasteiger partial charge on any atom is -0.304 e. The smallest absolute Gasteiger partial charge is 0.304 e. The van der Waals surface area contributed by atoms with Gasteiger partial charge in [0.05, 0.1) is 27.2 Å². The summed E-state index contributed by atoms with van der Waals surface area (Å²) in [5.74, 6) is -0.687. The first-order chi connectivity index (χ1) is 17.1. The van der Waals surface area contributed by atoms with Gasteiger partial charge in [0.1, 0.15) is 5.02 Å². The van der Waals surface area contributed by atoms with Crippen molar-refractivity contribution in [2.45, 2.75) is 12.7 Å². The largest absolute Gasteiger partial charge is 0.433 e. The van der Waals surface area contributed by atoms with E-state index < -0.39 is 23.5 Å². The molecule has 4 aromatic heterocycles. The molecule has 0 aliphatic carbocycles. The topological polar surface area (TPSA) is 77.1 Å². The van der Waals surface area contributed by atoms with Crippen LogP contribution in [-0.2, 0) is 12.7 Å². The quantitative estimate of drug-likeness (QED) is 0.248. The molecule has 0 radical (unpaired) electrons. The average Bonchev–Trinajstić information content (AvgIpc) is 3.56. The van der Waals surface area contributed by atoms with Crippen LogP contribution in [0, 0.1) is 0 Å². The van der Waals surface area contributed by atoms with Crippen LogP contribution in [0.2, 0.25) is 15.1 Å². The van der Waals surface area contributed by atoms with E-state index in [0.717, 1.165) is 11.6 Å². The van der Waals surface area contributed by atoms with Gasteiger partial charge in [0.2, 0.25) is 0 Å². The van der Waals surface area contributed by atoms with E-state index >= 15 is 0 Å². The fourth-order valence-corrected chi connectivity index (χ4v) is 4.66. The van der Waals surface area contributed by atoms with Gasteiger partial charge in [-0.1, -0.05) is 46.9 Å². The zero-order chi connectivity index (χ0) is 25.6. The van der Waals surface area contributed by atoms with Crippen LogP contribution in [0.3, 0.4) is 0 Å².